The zero-order valence-electron chi connectivity index (χ0n) is 11.6. The molecule has 0 radical (unpaired) electrons. The van der Waals surface area contributed by atoms with Gasteiger partial charge in [0.2, 0.25) is 0 Å². The minimum atomic E-state index is -0.951. The van der Waals surface area contributed by atoms with Crippen LogP contribution in [0.4, 0.5) is 0 Å². The summed E-state index contributed by atoms with van der Waals surface area (Å²) in [5.41, 5.74) is -1.41. The number of ether oxygens (including phenoxy) is 1. The lowest BCUT2D eigenvalue weighted by molar-refractivity contribution is -0.147. The van der Waals surface area contributed by atoms with Gasteiger partial charge in [0.05, 0.1) is 5.60 Å². The first-order chi connectivity index (χ1) is 7.77. The molecule has 3 N–H and O–H groups in total. The van der Waals surface area contributed by atoms with Gasteiger partial charge in [0.15, 0.2) is 0 Å². The van der Waals surface area contributed by atoms with Gasteiger partial charge in [-0.3, -0.25) is 4.79 Å². The van der Waals surface area contributed by atoms with Crippen molar-refractivity contribution < 1.29 is 14.6 Å². The highest BCUT2D eigenvalue weighted by molar-refractivity contribution is 5.78. The van der Waals surface area contributed by atoms with E-state index in [1.165, 1.54) is 0 Å². The Morgan fingerprint density at radius 1 is 1.29 bits per heavy atom. The molecule has 0 saturated carbocycles. The highest BCUT2D eigenvalue weighted by Gasteiger charge is 2.38. The van der Waals surface area contributed by atoms with Crippen LogP contribution in [-0.2, 0) is 9.53 Å². The number of aliphatic carboxylic acids is 1. The lowest BCUT2D eigenvalue weighted by Gasteiger charge is -2.34. The van der Waals surface area contributed by atoms with Gasteiger partial charge in [-0.05, 0) is 47.3 Å². The molecule has 0 heterocycles. The lowest BCUT2D eigenvalue weighted by atomic mass is 9.87. The quantitative estimate of drug-likeness (QED) is 0.526. The molecule has 0 aliphatic rings. The van der Waals surface area contributed by atoms with E-state index in [2.05, 4.69) is 10.6 Å². The van der Waals surface area contributed by atoms with Crippen LogP contribution in [0.1, 0.15) is 33.6 Å². The molecule has 17 heavy (non-hydrogen) atoms. The third-order valence-corrected chi connectivity index (χ3v) is 2.92. The van der Waals surface area contributed by atoms with Gasteiger partial charge >= 0.3 is 5.97 Å². The van der Waals surface area contributed by atoms with Gasteiger partial charge in [0, 0.05) is 13.5 Å². The molecule has 102 valence electrons. The van der Waals surface area contributed by atoms with Crippen molar-refractivity contribution >= 4 is 5.97 Å². The topological polar surface area (TPSA) is 70.6 Å². The summed E-state index contributed by atoms with van der Waals surface area (Å²) in [6, 6.07) is 0. The number of hydrogen-bond donors (Lipinski definition) is 3. The van der Waals surface area contributed by atoms with E-state index >= 15 is 0 Å². The van der Waals surface area contributed by atoms with E-state index in [-0.39, 0.29) is 0 Å². The molecule has 1 unspecified atom stereocenters. The van der Waals surface area contributed by atoms with E-state index in [0.717, 1.165) is 13.0 Å². The molecule has 0 aromatic rings. The molecule has 0 saturated heterocycles. The summed E-state index contributed by atoms with van der Waals surface area (Å²) in [7, 11) is 3.48. The molecule has 0 rings (SSSR count). The summed E-state index contributed by atoms with van der Waals surface area (Å²) < 4.78 is 5.30. The lowest BCUT2D eigenvalue weighted by Crippen LogP contribution is -2.54. The van der Waals surface area contributed by atoms with E-state index in [1.807, 2.05) is 20.9 Å². The summed E-state index contributed by atoms with van der Waals surface area (Å²) in [5.74, 6) is -0.841. The average molecular weight is 246 g/mol. The van der Waals surface area contributed by atoms with Gasteiger partial charge in [-0.2, -0.15) is 0 Å². The highest BCUT2D eigenvalue weighted by atomic mass is 16.5. The maximum atomic E-state index is 11.3. The van der Waals surface area contributed by atoms with Crippen LogP contribution in [0, 0.1) is 0 Å². The van der Waals surface area contributed by atoms with E-state index in [9.17, 15) is 9.90 Å². The summed E-state index contributed by atoms with van der Waals surface area (Å²) in [6.07, 6.45) is 1.32. The predicted octanol–water partition coefficient (Wildman–Crippen LogP) is 0.844. The Hall–Kier alpha value is -0.650. The SMILES string of the molecule is CNCCCNC(C)(CC(C)(C)OC)C(=O)O. The fourth-order valence-electron chi connectivity index (χ4n) is 1.77. The molecule has 1 atom stereocenters. The van der Waals surface area contributed by atoms with Crippen molar-refractivity contribution in [3.05, 3.63) is 0 Å². The van der Waals surface area contributed by atoms with Crippen LogP contribution >= 0.6 is 0 Å². The Morgan fingerprint density at radius 2 is 1.88 bits per heavy atom. The van der Waals surface area contributed by atoms with Crippen molar-refractivity contribution in [1.29, 1.82) is 0 Å². The molecule has 0 spiro atoms. The number of nitrogens with one attached hydrogen (secondary N) is 2. The number of carbonyl (C=O) groups is 1. The molecule has 0 amide bonds. The van der Waals surface area contributed by atoms with Crippen molar-refractivity contribution in [2.24, 2.45) is 0 Å². The van der Waals surface area contributed by atoms with Crippen LogP contribution in [0.3, 0.4) is 0 Å². The summed E-state index contributed by atoms with van der Waals surface area (Å²) in [5, 5.41) is 15.4. The monoisotopic (exact) mass is 246 g/mol. The fourth-order valence-corrected chi connectivity index (χ4v) is 1.77. The molecular weight excluding hydrogens is 220 g/mol. The normalized spacial score (nSPS) is 15.6. The molecule has 0 aliphatic carbocycles. The Kier molecular flexibility index (Phi) is 6.67. The largest absolute Gasteiger partial charge is 0.480 e. The van der Waals surface area contributed by atoms with Crippen LogP contribution in [0.5, 0.6) is 0 Å². The summed E-state index contributed by atoms with van der Waals surface area (Å²) in [6.45, 7) is 7.03. The smallest absolute Gasteiger partial charge is 0.323 e. The van der Waals surface area contributed by atoms with Crippen molar-refractivity contribution in [3.63, 3.8) is 0 Å². The average Bonchev–Trinajstić information content (AvgIpc) is 2.24. The van der Waals surface area contributed by atoms with E-state index in [0.29, 0.717) is 13.0 Å². The number of methoxy groups -OCH3 is 1. The molecule has 0 aliphatic heterocycles. The Bertz CT molecular complexity index is 244. The molecule has 0 fully saturated rings. The van der Waals surface area contributed by atoms with Crippen LogP contribution < -0.4 is 10.6 Å². The first-order valence-corrected chi connectivity index (χ1v) is 5.95. The Morgan fingerprint density at radius 3 is 2.29 bits per heavy atom. The molecule has 0 bridgehead atoms. The van der Waals surface area contributed by atoms with E-state index < -0.39 is 17.1 Å². The van der Waals surface area contributed by atoms with Crippen LogP contribution in [0.25, 0.3) is 0 Å². The Labute approximate surface area is 104 Å². The van der Waals surface area contributed by atoms with E-state index in [4.69, 9.17) is 4.74 Å². The molecule has 0 aromatic heterocycles. The molecular formula is C12H26N2O3. The number of rotatable bonds is 9. The zero-order chi connectivity index (χ0) is 13.5. The third-order valence-electron chi connectivity index (χ3n) is 2.92. The van der Waals surface area contributed by atoms with Crippen molar-refractivity contribution in [2.45, 2.75) is 44.8 Å². The summed E-state index contributed by atoms with van der Waals surface area (Å²) >= 11 is 0. The standard InChI is InChI=1S/C12H26N2O3/c1-11(2,17-5)9-12(3,10(15)16)14-8-6-7-13-4/h13-14H,6-9H2,1-5H3,(H,15,16). The van der Waals surface area contributed by atoms with Crippen LogP contribution in [0.15, 0.2) is 0 Å². The van der Waals surface area contributed by atoms with Crippen LogP contribution in [0.2, 0.25) is 0 Å². The second-order valence-electron chi connectivity index (χ2n) is 5.16. The molecule has 5 heteroatoms. The molecule has 5 nitrogen and oxygen atoms in total. The van der Waals surface area contributed by atoms with Gasteiger partial charge < -0.3 is 20.5 Å². The van der Waals surface area contributed by atoms with Gasteiger partial charge in [-0.1, -0.05) is 0 Å². The second-order valence-corrected chi connectivity index (χ2v) is 5.16. The molecule has 0 aromatic carbocycles. The van der Waals surface area contributed by atoms with Crippen molar-refractivity contribution in [2.75, 3.05) is 27.2 Å². The maximum absolute atomic E-state index is 11.3. The predicted molar refractivity (Wildman–Crippen MR) is 68.3 cm³/mol. The van der Waals surface area contributed by atoms with Crippen molar-refractivity contribution in [1.82, 2.24) is 10.6 Å². The first-order valence-electron chi connectivity index (χ1n) is 5.95. The van der Waals surface area contributed by atoms with E-state index in [1.54, 1.807) is 14.0 Å². The zero-order valence-corrected chi connectivity index (χ0v) is 11.6. The minimum absolute atomic E-state index is 0.422. The van der Waals surface area contributed by atoms with Crippen molar-refractivity contribution in [3.8, 4) is 0 Å². The van der Waals surface area contributed by atoms with Crippen LogP contribution in [-0.4, -0.2) is 49.5 Å². The van der Waals surface area contributed by atoms with Gasteiger partial charge in [-0.25, -0.2) is 0 Å². The van der Waals surface area contributed by atoms with Gasteiger partial charge in [0.1, 0.15) is 5.54 Å². The van der Waals surface area contributed by atoms with Gasteiger partial charge in [-0.15, -0.1) is 0 Å². The number of carboxylic acids is 1. The maximum Gasteiger partial charge on any atom is 0.323 e. The first kappa shape index (κ1) is 16.4. The third kappa shape index (κ3) is 6.00. The second kappa shape index (κ2) is 6.93. The minimum Gasteiger partial charge on any atom is -0.480 e. The Balaban J connectivity index is 4.41. The fraction of sp³-hybridized carbons (Fsp3) is 0.917. The number of hydrogen-bond acceptors (Lipinski definition) is 4. The number of carboxylic acid groups (broad SMARTS) is 1. The van der Waals surface area contributed by atoms with Gasteiger partial charge in [0.25, 0.3) is 0 Å². The highest BCUT2D eigenvalue weighted by Crippen LogP contribution is 2.23. The summed E-state index contributed by atoms with van der Waals surface area (Å²) in [4.78, 5) is 11.3.